The molecule has 0 atom stereocenters. The molecule has 4 aromatic heterocycles. The summed E-state index contributed by atoms with van der Waals surface area (Å²) in [6.07, 6.45) is 6.84. The first-order valence-corrected chi connectivity index (χ1v) is 8.82. The van der Waals surface area contributed by atoms with Gasteiger partial charge >= 0.3 is 0 Å². The maximum Gasteiger partial charge on any atom is 0.256 e. The van der Waals surface area contributed by atoms with Crippen LogP contribution in [0, 0.1) is 6.92 Å². The standard InChI is InChI=1S/C20H19N7O2/c1-12-6-15-16(22-9-12)7-13(10-23-15)25-18-4-5-21-20(27-18)26-14-8-17(28-2)19(29-3)24-11-14/h4-11H,1-3H3,(H2,21,25,26,27). The highest BCUT2D eigenvalue weighted by atomic mass is 16.5. The summed E-state index contributed by atoms with van der Waals surface area (Å²) in [4.78, 5) is 21.8. The van der Waals surface area contributed by atoms with Crippen LogP contribution in [-0.4, -0.2) is 39.1 Å². The van der Waals surface area contributed by atoms with Gasteiger partial charge in [0.25, 0.3) is 5.88 Å². The third-order valence-corrected chi connectivity index (χ3v) is 4.08. The fourth-order valence-corrected chi connectivity index (χ4v) is 2.74. The van der Waals surface area contributed by atoms with Gasteiger partial charge < -0.3 is 20.1 Å². The van der Waals surface area contributed by atoms with E-state index < -0.39 is 0 Å². The number of aryl methyl sites for hydroxylation is 1. The van der Waals surface area contributed by atoms with Gasteiger partial charge in [-0.3, -0.25) is 9.97 Å². The highest BCUT2D eigenvalue weighted by Gasteiger charge is 2.08. The molecule has 2 N–H and O–H groups in total. The Hall–Kier alpha value is -4.01. The lowest BCUT2D eigenvalue weighted by Gasteiger charge is -2.10. The molecule has 0 saturated carbocycles. The number of nitrogens with zero attached hydrogens (tertiary/aromatic N) is 5. The van der Waals surface area contributed by atoms with Gasteiger partial charge in [-0.2, -0.15) is 4.98 Å². The van der Waals surface area contributed by atoms with Crippen LogP contribution in [0.3, 0.4) is 0 Å². The van der Waals surface area contributed by atoms with Crippen molar-refractivity contribution in [1.29, 1.82) is 0 Å². The normalized spacial score (nSPS) is 10.6. The SMILES string of the molecule is COc1cc(Nc2nccc(Nc3cnc4cc(C)cnc4c3)n2)cnc1OC. The van der Waals surface area contributed by atoms with E-state index in [1.807, 2.05) is 25.3 Å². The van der Waals surface area contributed by atoms with Gasteiger partial charge in [-0.15, -0.1) is 0 Å². The van der Waals surface area contributed by atoms with Crippen LogP contribution in [0.5, 0.6) is 11.6 Å². The molecule has 4 heterocycles. The molecule has 0 unspecified atom stereocenters. The van der Waals surface area contributed by atoms with E-state index in [4.69, 9.17) is 9.47 Å². The van der Waals surface area contributed by atoms with Crippen molar-refractivity contribution >= 4 is 34.2 Å². The zero-order valence-electron chi connectivity index (χ0n) is 16.2. The number of nitrogens with one attached hydrogen (secondary N) is 2. The molecule has 4 rings (SSSR count). The van der Waals surface area contributed by atoms with Gasteiger partial charge in [0.05, 0.1) is 49.0 Å². The summed E-state index contributed by atoms with van der Waals surface area (Å²) in [5, 5.41) is 6.33. The minimum absolute atomic E-state index is 0.405. The Balaban J connectivity index is 1.54. The quantitative estimate of drug-likeness (QED) is 0.511. The van der Waals surface area contributed by atoms with E-state index in [0.717, 1.165) is 22.3 Å². The van der Waals surface area contributed by atoms with E-state index in [2.05, 4.69) is 35.6 Å². The van der Waals surface area contributed by atoms with Gasteiger partial charge in [-0.1, -0.05) is 0 Å². The minimum atomic E-state index is 0.405. The maximum absolute atomic E-state index is 5.27. The Kier molecular flexibility index (Phi) is 5.02. The van der Waals surface area contributed by atoms with Gasteiger partial charge in [0.15, 0.2) is 5.75 Å². The summed E-state index contributed by atoms with van der Waals surface area (Å²) >= 11 is 0. The fraction of sp³-hybridized carbons (Fsp3) is 0.150. The van der Waals surface area contributed by atoms with E-state index in [0.29, 0.717) is 29.1 Å². The van der Waals surface area contributed by atoms with E-state index in [9.17, 15) is 0 Å². The van der Waals surface area contributed by atoms with E-state index >= 15 is 0 Å². The predicted octanol–water partition coefficient (Wildman–Crippen LogP) is 3.63. The van der Waals surface area contributed by atoms with Crippen LogP contribution in [0.2, 0.25) is 0 Å². The molecule has 4 aromatic rings. The second kappa shape index (κ2) is 7.93. The van der Waals surface area contributed by atoms with Crippen LogP contribution in [0.4, 0.5) is 23.1 Å². The first-order chi connectivity index (χ1) is 14.1. The molecular formula is C20H19N7O2. The first kappa shape index (κ1) is 18.4. The number of pyridine rings is 3. The molecule has 29 heavy (non-hydrogen) atoms. The Bertz CT molecular complexity index is 1170. The maximum atomic E-state index is 5.27. The molecule has 0 aliphatic carbocycles. The van der Waals surface area contributed by atoms with Gasteiger partial charge in [0, 0.05) is 18.5 Å². The van der Waals surface area contributed by atoms with E-state index in [-0.39, 0.29) is 0 Å². The summed E-state index contributed by atoms with van der Waals surface area (Å²) in [5.41, 5.74) is 4.19. The highest BCUT2D eigenvalue weighted by Crippen LogP contribution is 2.28. The average molecular weight is 389 g/mol. The minimum Gasteiger partial charge on any atom is -0.491 e. The van der Waals surface area contributed by atoms with Gasteiger partial charge in [0.2, 0.25) is 5.95 Å². The molecule has 0 radical (unpaired) electrons. The molecule has 0 spiro atoms. The van der Waals surface area contributed by atoms with Crippen LogP contribution in [0.15, 0.2) is 49.1 Å². The molecule has 146 valence electrons. The number of hydrogen-bond acceptors (Lipinski definition) is 9. The van der Waals surface area contributed by atoms with Crippen LogP contribution < -0.4 is 20.1 Å². The van der Waals surface area contributed by atoms with Gasteiger partial charge in [-0.25, -0.2) is 9.97 Å². The second-order valence-corrected chi connectivity index (χ2v) is 6.23. The number of fused-ring (bicyclic) bond motifs is 1. The number of methoxy groups -OCH3 is 2. The lowest BCUT2D eigenvalue weighted by atomic mass is 10.2. The smallest absolute Gasteiger partial charge is 0.256 e. The monoisotopic (exact) mass is 389 g/mol. The molecule has 9 nitrogen and oxygen atoms in total. The van der Waals surface area contributed by atoms with Crippen molar-refractivity contribution in [1.82, 2.24) is 24.9 Å². The number of ether oxygens (including phenoxy) is 2. The van der Waals surface area contributed by atoms with Crippen molar-refractivity contribution in [2.45, 2.75) is 6.92 Å². The second-order valence-electron chi connectivity index (χ2n) is 6.23. The van der Waals surface area contributed by atoms with Crippen molar-refractivity contribution in [2.24, 2.45) is 0 Å². The van der Waals surface area contributed by atoms with Crippen molar-refractivity contribution < 1.29 is 9.47 Å². The van der Waals surface area contributed by atoms with Crippen LogP contribution >= 0.6 is 0 Å². The molecule has 9 heteroatoms. The third-order valence-electron chi connectivity index (χ3n) is 4.08. The summed E-state index contributed by atoms with van der Waals surface area (Å²) in [6.45, 7) is 1.99. The number of anilines is 4. The summed E-state index contributed by atoms with van der Waals surface area (Å²) in [6, 6.07) is 7.45. The van der Waals surface area contributed by atoms with Crippen molar-refractivity contribution in [3.05, 3.63) is 54.6 Å². The predicted molar refractivity (Wildman–Crippen MR) is 110 cm³/mol. The lowest BCUT2D eigenvalue weighted by Crippen LogP contribution is -2.02. The molecule has 0 saturated heterocycles. The topological polar surface area (TPSA) is 107 Å². The fourth-order valence-electron chi connectivity index (χ4n) is 2.74. The molecule has 0 aromatic carbocycles. The molecule has 0 aliphatic rings. The average Bonchev–Trinajstić information content (AvgIpc) is 2.74. The number of aromatic nitrogens is 5. The molecule has 0 fully saturated rings. The molecule has 0 aliphatic heterocycles. The molecule has 0 bridgehead atoms. The van der Waals surface area contributed by atoms with Gasteiger partial charge in [0.1, 0.15) is 5.82 Å². The van der Waals surface area contributed by atoms with Crippen LogP contribution in [0.1, 0.15) is 5.56 Å². The van der Waals surface area contributed by atoms with E-state index in [1.54, 1.807) is 37.8 Å². The zero-order chi connectivity index (χ0) is 20.2. The largest absolute Gasteiger partial charge is 0.491 e. The zero-order valence-corrected chi connectivity index (χ0v) is 16.2. The van der Waals surface area contributed by atoms with Crippen LogP contribution in [0.25, 0.3) is 11.0 Å². The highest BCUT2D eigenvalue weighted by molar-refractivity contribution is 5.79. The van der Waals surface area contributed by atoms with Crippen molar-refractivity contribution in [3.63, 3.8) is 0 Å². The first-order valence-electron chi connectivity index (χ1n) is 8.82. The summed E-state index contributed by atoms with van der Waals surface area (Å²) in [5.74, 6) is 1.94. The Morgan fingerprint density at radius 3 is 2.38 bits per heavy atom. The van der Waals surface area contributed by atoms with E-state index in [1.165, 1.54) is 7.11 Å². The summed E-state index contributed by atoms with van der Waals surface area (Å²) < 4.78 is 10.4. The molecular weight excluding hydrogens is 370 g/mol. The van der Waals surface area contributed by atoms with Crippen molar-refractivity contribution in [3.8, 4) is 11.6 Å². The lowest BCUT2D eigenvalue weighted by molar-refractivity contribution is 0.343. The number of hydrogen-bond donors (Lipinski definition) is 2. The Morgan fingerprint density at radius 1 is 0.793 bits per heavy atom. The molecule has 0 amide bonds. The summed E-state index contributed by atoms with van der Waals surface area (Å²) in [7, 11) is 3.09. The van der Waals surface area contributed by atoms with Crippen molar-refractivity contribution in [2.75, 3.05) is 24.9 Å². The van der Waals surface area contributed by atoms with Gasteiger partial charge in [-0.05, 0) is 30.7 Å². The Labute approximate surface area is 167 Å². The third kappa shape index (κ3) is 4.13. The number of rotatable bonds is 6. The Morgan fingerprint density at radius 2 is 1.55 bits per heavy atom. The van der Waals surface area contributed by atoms with Crippen LogP contribution in [-0.2, 0) is 0 Å².